The molecule has 0 aliphatic heterocycles. The summed E-state index contributed by atoms with van der Waals surface area (Å²) in [6, 6.07) is 71.3. The van der Waals surface area contributed by atoms with Gasteiger partial charge in [0.25, 0.3) is 0 Å². The molecule has 3 nitrogen and oxygen atoms in total. The molecule has 0 unspecified atom stereocenters. The lowest BCUT2D eigenvalue weighted by Crippen LogP contribution is -2.00. The fraction of sp³-hybridized carbons (Fsp3) is 0. The van der Waals surface area contributed by atoms with Crippen LogP contribution in [0.5, 0.6) is 0 Å². The molecule has 11 aromatic rings. The van der Waals surface area contributed by atoms with Gasteiger partial charge in [-0.15, -0.1) is 11.3 Å². The van der Waals surface area contributed by atoms with E-state index in [-0.39, 0.29) is 0 Å². The summed E-state index contributed by atoms with van der Waals surface area (Å²) in [5.41, 5.74) is 8.87. The van der Waals surface area contributed by atoms with Gasteiger partial charge in [0.05, 0.1) is 4.88 Å². The van der Waals surface area contributed by atoms with Crippen LogP contribution in [0.15, 0.2) is 200 Å². The molecule has 0 fully saturated rings. The Morgan fingerprint density at radius 3 is 1.65 bits per heavy atom. The molecule has 0 saturated carbocycles. The van der Waals surface area contributed by atoms with Crippen LogP contribution in [0.1, 0.15) is 0 Å². The normalized spacial score (nSPS) is 11.5. The fourth-order valence-electron chi connectivity index (χ4n) is 8.15. The van der Waals surface area contributed by atoms with Gasteiger partial charge in [0, 0.05) is 15.8 Å². The van der Waals surface area contributed by atoms with Crippen LogP contribution in [0, 0.1) is 0 Å². The van der Waals surface area contributed by atoms with Crippen LogP contribution in [0.3, 0.4) is 0 Å². The largest absolute Gasteiger partial charge is 0.208 e. The molecule has 0 radical (unpaired) electrons. The van der Waals surface area contributed by atoms with E-state index in [9.17, 15) is 0 Å². The third-order valence-corrected chi connectivity index (χ3v) is 12.1. The molecule has 2 heterocycles. The van der Waals surface area contributed by atoms with Crippen molar-refractivity contribution in [3.8, 4) is 66.9 Å². The van der Waals surface area contributed by atoms with Crippen molar-refractivity contribution in [1.29, 1.82) is 0 Å². The van der Waals surface area contributed by atoms with Gasteiger partial charge in [-0.3, -0.25) is 0 Å². The van der Waals surface area contributed by atoms with Crippen LogP contribution in [-0.4, -0.2) is 15.0 Å². The number of aromatic nitrogens is 3. The van der Waals surface area contributed by atoms with Crippen LogP contribution in [-0.2, 0) is 0 Å². The quantitative estimate of drug-likeness (QED) is 0.126. The predicted octanol–water partition coefficient (Wildman–Crippen LogP) is 14.5. The number of hydrogen-bond acceptors (Lipinski definition) is 4. The number of thiophene rings is 1. The van der Waals surface area contributed by atoms with E-state index in [1.165, 1.54) is 53.5 Å². The molecule has 57 heavy (non-hydrogen) atoms. The highest BCUT2D eigenvalue weighted by Crippen LogP contribution is 2.41. The summed E-state index contributed by atoms with van der Waals surface area (Å²) in [7, 11) is 0. The van der Waals surface area contributed by atoms with Crippen molar-refractivity contribution < 1.29 is 0 Å². The second-order valence-electron chi connectivity index (χ2n) is 14.4. The average molecular weight is 744 g/mol. The minimum atomic E-state index is 0.646. The van der Waals surface area contributed by atoms with E-state index in [0.29, 0.717) is 17.5 Å². The maximum Gasteiger partial charge on any atom is 0.174 e. The standard InChI is InChI=1S/C53H33N3S/c1-2-12-36(13-3-1)42-17-9-10-20-46(42)52-54-51(55-53(56-52)49-33-41-16-6-11-21-48(41)57-49)39-28-24-35(25-29-39)34-22-26-38(27-23-34)50-44-19-8-5-15-40(44)32-47-43-18-7-4-14-37(43)30-31-45(47)50/h1-33H. The van der Waals surface area contributed by atoms with Crippen LogP contribution < -0.4 is 0 Å². The lowest BCUT2D eigenvalue weighted by atomic mass is 9.89. The van der Waals surface area contributed by atoms with Crippen molar-refractivity contribution >= 4 is 53.7 Å². The van der Waals surface area contributed by atoms with E-state index in [4.69, 9.17) is 15.0 Å². The van der Waals surface area contributed by atoms with E-state index in [0.717, 1.165) is 38.3 Å². The molecule has 0 bridgehead atoms. The topological polar surface area (TPSA) is 38.7 Å². The van der Waals surface area contributed by atoms with Gasteiger partial charge in [-0.05, 0) is 89.3 Å². The first-order chi connectivity index (χ1) is 28.2. The van der Waals surface area contributed by atoms with Gasteiger partial charge in [0.2, 0.25) is 0 Å². The number of hydrogen-bond donors (Lipinski definition) is 0. The van der Waals surface area contributed by atoms with E-state index < -0.39 is 0 Å². The summed E-state index contributed by atoms with van der Waals surface area (Å²) in [5.74, 6) is 1.97. The van der Waals surface area contributed by atoms with Crippen molar-refractivity contribution in [2.75, 3.05) is 0 Å². The molecule has 0 aliphatic carbocycles. The van der Waals surface area contributed by atoms with Gasteiger partial charge in [-0.2, -0.15) is 0 Å². The van der Waals surface area contributed by atoms with Crippen molar-refractivity contribution in [1.82, 2.24) is 15.0 Å². The van der Waals surface area contributed by atoms with Crippen molar-refractivity contribution in [3.05, 3.63) is 200 Å². The summed E-state index contributed by atoms with van der Waals surface area (Å²) in [4.78, 5) is 16.4. The molecule has 0 N–H and O–H groups in total. The Morgan fingerprint density at radius 2 is 0.877 bits per heavy atom. The first-order valence-electron chi connectivity index (χ1n) is 19.2. The summed E-state index contributed by atoms with van der Waals surface area (Å²) >= 11 is 1.71. The zero-order valence-electron chi connectivity index (χ0n) is 30.8. The van der Waals surface area contributed by atoms with Crippen LogP contribution in [0.4, 0.5) is 0 Å². The van der Waals surface area contributed by atoms with Crippen LogP contribution in [0.25, 0.3) is 109 Å². The molecule has 11 rings (SSSR count). The third kappa shape index (κ3) is 5.95. The molecular weight excluding hydrogens is 711 g/mol. The Morgan fingerprint density at radius 1 is 0.298 bits per heavy atom. The monoisotopic (exact) mass is 743 g/mol. The SMILES string of the molecule is c1ccc(-c2ccccc2-c2nc(-c3ccc(-c4ccc(-c5c6ccccc6cc6c5ccc5ccccc56)cc4)cc3)nc(-c3cc4ccccc4s3)n2)cc1. The molecule has 266 valence electrons. The molecule has 0 amide bonds. The second kappa shape index (κ2) is 13.8. The molecule has 9 aromatic carbocycles. The molecule has 2 aromatic heterocycles. The third-order valence-electron chi connectivity index (χ3n) is 11.0. The highest BCUT2D eigenvalue weighted by molar-refractivity contribution is 7.22. The van der Waals surface area contributed by atoms with E-state index in [2.05, 4.69) is 194 Å². The van der Waals surface area contributed by atoms with Gasteiger partial charge in [-0.1, -0.05) is 182 Å². The van der Waals surface area contributed by atoms with Crippen molar-refractivity contribution in [3.63, 3.8) is 0 Å². The molecule has 0 saturated heterocycles. The van der Waals surface area contributed by atoms with E-state index in [1.54, 1.807) is 11.3 Å². The summed E-state index contributed by atoms with van der Waals surface area (Å²) < 4.78 is 1.21. The second-order valence-corrected chi connectivity index (χ2v) is 15.5. The molecule has 4 heteroatoms. The van der Waals surface area contributed by atoms with Crippen molar-refractivity contribution in [2.24, 2.45) is 0 Å². The lowest BCUT2D eigenvalue weighted by Gasteiger charge is -2.14. The Hall–Kier alpha value is -7.27. The first-order valence-corrected chi connectivity index (χ1v) is 20.0. The highest BCUT2D eigenvalue weighted by Gasteiger charge is 2.18. The minimum absolute atomic E-state index is 0.646. The average Bonchev–Trinajstić information content (AvgIpc) is 3.73. The fourth-order valence-corrected chi connectivity index (χ4v) is 9.14. The zero-order valence-corrected chi connectivity index (χ0v) is 31.6. The van der Waals surface area contributed by atoms with Gasteiger partial charge in [0.1, 0.15) is 0 Å². The maximum atomic E-state index is 5.14. The van der Waals surface area contributed by atoms with E-state index in [1.807, 2.05) is 6.07 Å². The number of benzene rings is 9. The Balaban J connectivity index is 0.985. The smallest absolute Gasteiger partial charge is 0.174 e. The number of rotatable bonds is 6. The Labute approximate surface area is 334 Å². The van der Waals surface area contributed by atoms with Gasteiger partial charge >= 0.3 is 0 Å². The molecule has 0 atom stereocenters. The Bertz CT molecular complexity index is 3240. The van der Waals surface area contributed by atoms with Gasteiger partial charge in [-0.25, -0.2) is 15.0 Å². The lowest BCUT2D eigenvalue weighted by molar-refractivity contribution is 1.08. The Kier molecular flexibility index (Phi) is 8.01. The highest BCUT2D eigenvalue weighted by atomic mass is 32.1. The van der Waals surface area contributed by atoms with Crippen LogP contribution >= 0.6 is 11.3 Å². The number of fused-ring (bicyclic) bond motifs is 5. The first kappa shape index (κ1) is 33.1. The van der Waals surface area contributed by atoms with Gasteiger partial charge < -0.3 is 0 Å². The van der Waals surface area contributed by atoms with Crippen LogP contribution in [0.2, 0.25) is 0 Å². The molecule has 0 spiro atoms. The minimum Gasteiger partial charge on any atom is -0.208 e. The van der Waals surface area contributed by atoms with E-state index >= 15 is 0 Å². The number of nitrogens with zero attached hydrogens (tertiary/aromatic N) is 3. The summed E-state index contributed by atoms with van der Waals surface area (Å²) in [5, 5.41) is 8.77. The van der Waals surface area contributed by atoms with Gasteiger partial charge in [0.15, 0.2) is 17.5 Å². The summed E-state index contributed by atoms with van der Waals surface area (Å²) in [6.07, 6.45) is 0. The molecular formula is C53H33N3S. The predicted molar refractivity (Wildman–Crippen MR) is 240 cm³/mol. The summed E-state index contributed by atoms with van der Waals surface area (Å²) in [6.45, 7) is 0. The molecule has 0 aliphatic rings. The zero-order chi connectivity index (χ0) is 37.7. The van der Waals surface area contributed by atoms with Crippen molar-refractivity contribution in [2.45, 2.75) is 0 Å². The maximum absolute atomic E-state index is 5.14.